The molecule has 0 unspecified atom stereocenters. The molecule has 1 aliphatic rings. The second-order valence-electron chi connectivity index (χ2n) is 29.5. The molecule has 0 saturated carbocycles. The molecule has 0 N–H and O–H groups in total. The Morgan fingerprint density at radius 2 is 0.536 bits per heavy atom. The van der Waals surface area contributed by atoms with E-state index in [9.17, 15) is 0 Å². The van der Waals surface area contributed by atoms with Gasteiger partial charge in [0, 0.05) is 0 Å². The standard InChI is InChI=1S/C54H35NSe.C51H35NSe.CH4/c1-3-14-36(15-4-1)38-18-11-19-39(30-38)42-31-43(33-44(32-42)46-24-13-25-49-48-23-8-10-27-53(48)56-54(46)49)41-28-29-52-50(35-41)47-22-7-9-26-51(47)55(52)45-21-12-20-40(34-45)37-16-5-2-6-17-37;1-51(2)45-20-9-6-15-39(45)40-25-23-33(31-46(40)51)35-27-34(28-36(29-35)38-18-12-19-43-42-17-8-11-22-49(42)53-50(38)43)32-24-26-48-44(30-32)41-16-7-10-21-47(41)52(48)37-13-4-3-5-14-37;/h1-35H;3-31H,1-2H3;1H4. The summed E-state index contributed by atoms with van der Waals surface area (Å²) in [4.78, 5) is 0. The second kappa shape index (κ2) is 27.2. The van der Waals surface area contributed by atoms with Crippen molar-refractivity contribution in [1.29, 1.82) is 0 Å². The zero-order chi connectivity index (χ0) is 72.3. The van der Waals surface area contributed by atoms with Crippen molar-refractivity contribution in [2.75, 3.05) is 0 Å². The minimum absolute atomic E-state index is 0. The van der Waals surface area contributed by atoms with E-state index in [-0.39, 0.29) is 41.8 Å². The van der Waals surface area contributed by atoms with E-state index in [4.69, 9.17) is 0 Å². The number of rotatable bonds is 10. The third-order valence-electron chi connectivity index (χ3n) is 22.8. The zero-order valence-corrected chi connectivity index (χ0v) is 63.6. The number of fused-ring (bicyclic) bond motifs is 15. The van der Waals surface area contributed by atoms with Crippen molar-refractivity contribution in [1.82, 2.24) is 9.13 Å². The normalized spacial score (nSPS) is 12.3. The van der Waals surface area contributed by atoms with Gasteiger partial charge < -0.3 is 0 Å². The number of hydrogen-bond donors (Lipinski definition) is 0. The molecule has 1 aliphatic carbocycles. The molecule has 22 rings (SSSR count). The van der Waals surface area contributed by atoms with Crippen LogP contribution in [-0.4, -0.2) is 38.1 Å². The number of para-hydroxylation sites is 3. The van der Waals surface area contributed by atoms with Gasteiger partial charge in [-0.2, -0.15) is 0 Å². The number of hydrogen-bond acceptors (Lipinski definition) is 0. The van der Waals surface area contributed by atoms with Crippen LogP contribution in [0.2, 0.25) is 0 Å². The molecule has 0 aliphatic heterocycles. The average molecular weight is 1530 g/mol. The van der Waals surface area contributed by atoms with Crippen molar-refractivity contribution in [3.63, 3.8) is 0 Å². The van der Waals surface area contributed by atoms with Crippen LogP contribution in [0.1, 0.15) is 32.4 Å². The van der Waals surface area contributed by atoms with Gasteiger partial charge in [-0.1, -0.05) is 68.1 Å². The van der Waals surface area contributed by atoms with E-state index < -0.39 is 0 Å². The van der Waals surface area contributed by atoms with Crippen LogP contribution in [0.5, 0.6) is 0 Å². The van der Waals surface area contributed by atoms with Crippen LogP contribution in [0.3, 0.4) is 0 Å². The Hall–Kier alpha value is -12.6. The SMILES string of the molecule is C.CC1(C)c2ccccc2-c2ccc(-c3cc(-c4ccc5c(c4)c4ccccc4n5-c4ccccc4)cc(-c4cccc5c4[se]c4ccccc45)c3)cc21.c1ccc(-c2cccc(-c3cc(-c4ccc5c(c4)c4ccccc4n5-c4cccc(-c5ccccc5)c4)cc(-c4cccc5c4[se]c4ccccc45)c3)c2)cc1. The van der Waals surface area contributed by atoms with Crippen LogP contribution in [0.15, 0.2) is 388 Å². The van der Waals surface area contributed by atoms with Crippen LogP contribution in [0.4, 0.5) is 0 Å². The molecule has 0 atom stereocenters. The average Bonchev–Trinajstić information content (AvgIpc) is 1.59. The molecule has 4 aromatic heterocycles. The van der Waals surface area contributed by atoms with Crippen LogP contribution in [-0.2, 0) is 5.41 Å². The van der Waals surface area contributed by atoms with E-state index in [0.29, 0.717) is 0 Å². The van der Waals surface area contributed by atoms with Gasteiger partial charge in [-0.15, -0.1) is 0 Å². The van der Waals surface area contributed by atoms with Crippen molar-refractivity contribution >= 4 is 111 Å². The summed E-state index contributed by atoms with van der Waals surface area (Å²) in [5.74, 6) is 0. The molecule has 21 aromatic rings. The molecule has 2 nitrogen and oxygen atoms in total. The Morgan fingerprint density at radius 3 is 1.08 bits per heavy atom. The van der Waals surface area contributed by atoms with Gasteiger partial charge in [0.15, 0.2) is 0 Å². The summed E-state index contributed by atoms with van der Waals surface area (Å²) in [6.45, 7) is 4.74. The monoisotopic (exact) mass is 1530 g/mol. The van der Waals surface area contributed by atoms with Gasteiger partial charge in [-0.05, 0) is 11.1 Å². The number of aromatic nitrogens is 2. The summed E-state index contributed by atoms with van der Waals surface area (Å²) in [5, 5.41) is 10.6. The Kier molecular flexibility index (Phi) is 16.5. The molecule has 0 radical (unpaired) electrons. The molecule has 0 spiro atoms. The van der Waals surface area contributed by atoms with Crippen molar-refractivity contribution in [3.8, 4) is 112 Å². The molecule has 4 heteroatoms. The molecule has 110 heavy (non-hydrogen) atoms. The van der Waals surface area contributed by atoms with E-state index in [2.05, 4.69) is 411 Å². The first-order valence-corrected chi connectivity index (χ1v) is 41.0. The first-order valence-electron chi connectivity index (χ1n) is 37.6. The van der Waals surface area contributed by atoms with Crippen LogP contribution in [0.25, 0.3) is 194 Å². The Morgan fingerprint density at radius 1 is 0.200 bits per heavy atom. The molecule has 0 fully saturated rings. The summed E-state index contributed by atoms with van der Waals surface area (Å²) in [5.41, 5.74) is 32.6. The quantitative estimate of drug-likeness (QED) is 0.121. The van der Waals surface area contributed by atoms with Crippen molar-refractivity contribution in [2.45, 2.75) is 26.7 Å². The summed E-state index contributed by atoms with van der Waals surface area (Å²) in [6, 6.07) is 144. The Labute approximate surface area is 652 Å². The van der Waals surface area contributed by atoms with Gasteiger partial charge >= 0.3 is 579 Å². The van der Waals surface area contributed by atoms with Gasteiger partial charge in [0.1, 0.15) is 0 Å². The van der Waals surface area contributed by atoms with Crippen LogP contribution < -0.4 is 0 Å². The Balaban J connectivity index is 0.000000143. The van der Waals surface area contributed by atoms with Crippen LogP contribution in [0, 0.1) is 0 Å². The zero-order valence-electron chi connectivity index (χ0n) is 60.2. The third kappa shape index (κ3) is 11.4. The van der Waals surface area contributed by atoms with Crippen molar-refractivity contribution in [3.05, 3.63) is 399 Å². The fourth-order valence-electron chi connectivity index (χ4n) is 17.5. The predicted molar refractivity (Wildman–Crippen MR) is 473 cm³/mol. The van der Waals surface area contributed by atoms with Gasteiger partial charge in [0.25, 0.3) is 0 Å². The molecular weight excluding hydrogens is 1460 g/mol. The molecular formula is C106H74N2Se2. The minimum atomic E-state index is -0.0606. The van der Waals surface area contributed by atoms with E-state index in [0.717, 1.165) is 5.69 Å². The maximum absolute atomic E-state index is 2.46. The Bertz CT molecular complexity index is 7190. The summed E-state index contributed by atoms with van der Waals surface area (Å²) < 4.78 is 10.7. The van der Waals surface area contributed by atoms with Gasteiger partial charge in [0.2, 0.25) is 0 Å². The molecule has 0 bridgehead atoms. The molecule has 17 aromatic carbocycles. The molecule has 4 heterocycles. The fraction of sp³-hybridized carbons (Fsp3) is 0.0377. The van der Waals surface area contributed by atoms with Crippen molar-refractivity contribution < 1.29 is 0 Å². The number of benzene rings is 17. The summed E-state index contributed by atoms with van der Waals surface area (Å²) >= 11 is 0.491. The maximum atomic E-state index is 2.46. The number of nitrogens with zero attached hydrogens (tertiary/aromatic N) is 2. The van der Waals surface area contributed by atoms with Gasteiger partial charge in [-0.3, -0.25) is 0 Å². The molecule has 0 saturated heterocycles. The first kappa shape index (κ1) is 66.8. The molecule has 0 amide bonds. The van der Waals surface area contributed by atoms with E-state index >= 15 is 0 Å². The fourth-order valence-corrected chi connectivity index (χ4v) is 22.7. The predicted octanol–water partition coefficient (Wildman–Crippen LogP) is 28.6. The van der Waals surface area contributed by atoms with E-state index in [1.807, 2.05) is 0 Å². The first-order chi connectivity index (χ1) is 53.8. The topological polar surface area (TPSA) is 9.86 Å². The second-order valence-corrected chi connectivity index (χ2v) is 33.9. The summed E-state index contributed by atoms with van der Waals surface area (Å²) in [7, 11) is 0. The van der Waals surface area contributed by atoms with Crippen LogP contribution >= 0.6 is 0 Å². The van der Waals surface area contributed by atoms with Gasteiger partial charge in [-0.25, -0.2) is 0 Å². The van der Waals surface area contributed by atoms with E-state index in [1.165, 1.54) is 199 Å². The van der Waals surface area contributed by atoms with E-state index in [1.54, 1.807) is 0 Å². The molecule has 520 valence electrons. The van der Waals surface area contributed by atoms with Crippen molar-refractivity contribution in [2.24, 2.45) is 0 Å². The summed E-state index contributed by atoms with van der Waals surface area (Å²) in [6.07, 6.45) is 0. The third-order valence-corrected chi connectivity index (χ3v) is 27.9. The van der Waals surface area contributed by atoms with Gasteiger partial charge in [0.05, 0.1) is 0 Å².